The molecule has 0 unspecified atom stereocenters. The maximum atomic E-state index is 5.75. The molecule has 2 heterocycles. The second-order valence-electron chi connectivity index (χ2n) is 5.10. The van der Waals surface area contributed by atoms with E-state index in [0.29, 0.717) is 0 Å². The van der Waals surface area contributed by atoms with E-state index >= 15 is 0 Å². The van der Waals surface area contributed by atoms with E-state index in [1.807, 2.05) is 12.1 Å². The standard InChI is InChI=1S/C15H21N3O/c16-13-3-5-14(6-4-13)18-7-1-2-15(12-18)17-8-10-19-11-9-17/h2-6H,1,7-12,16H2. The number of nitrogens with zero attached hydrogens (tertiary/aromatic N) is 2. The van der Waals surface area contributed by atoms with Crippen LogP contribution in [-0.4, -0.2) is 44.3 Å². The maximum absolute atomic E-state index is 5.75. The van der Waals surface area contributed by atoms with E-state index in [4.69, 9.17) is 10.5 Å². The highest BCUT2D eigenvalue weighted by Gasteiger charge is 2.19. The van der Waals surface area contributed by atoms with Crippen molar-refractivity contribution in [2.75, 3.05) is 50.0 Å². The molecule has 0 atom stereocenters. The Morgan fingerprint density at radius 2 is 1.68 bits per heavy atom. The third kappa shape index (κ3) is 2.84. The van der Waals surface area contributed by atoms with Crippen LogP contribution in [0.15, 0.2) is 36.0 Å². The molecule has 1 aromatic carbocycles. The summed E-state index contributed by atoms with van der Waals surface area (Å²) in [4.78, 5) is 4.87. The Bertz CT molecular complexity index is 449. The molecule has 0 amide bonds. The van der Waals surface area contributed by atoms with Crippen molar-refractivity contribution in [3.8, 4) is 0 Å². The van der Waals surface area contributed by atoms with Crippen LogP contribution in [-0.2, 0) is 4.74 Å². The molecule has 1 saturated heterocycles. The lowest BCUT2D eigenvalue weighted by Gasteiger charge is -2.37. The molecule has 102 valence electrons. The minimum absolute atomic E-state index is 0.824. The van der Waals surface area contributed by atoms with E-state index in [9.17, 15) is 0 Å². The Balaban J connectivity index is 1.69. The molecule has 0 spiro atoms. The van der Waals surface area contributed by atoms with Crippen LogP contribution in [0, 0.1) is 0 Å². The van der Waals surface area contributed by atoms with Gasteiger partial charge in [-0.2, -0.15) is 0 Å². The quantitative estimate of drug-likeness (QED) is 0.821. The SMILES string of the molecule is Nc1ccc(N2CCC=C(N3CCOCC3)C2)cc1. The fraction of sp³-hybridized carbons (Fsp3) is 0.467. The van der Waals surface area contributed by atoms with Crippen LogP contribution >= 0.6 is 0 Å². The Morgan fingerprint density at radius 3 is 2.42 bits per heavy atom. The number of hydrogen-bond acceptors (Lipinski definition) is 4. The fourth-order valence-corrected chi connectivity index (χ4v) is 2.71. The summed E-state index contributed by atoms with van der Waals surface area (Å²) in [7, 11) is 0. The van der Waals surface area contributed by atoms with Gasteiger partial charge < -0.3 is 20.3 Å². The van der Waals surface area contributed by atoms with E-state index in [0.717, 1.165) is 51.5 Å². The summed E-state index contributed by atoms with van der Waals surface area (Å²) < 4.78 is 5.42. The minimum Gasteiger partial charge on any atom is -0.399 e. The van der Waals surface area contributed by atoms with Gasteiger partial charge in [-0.05, 0) is 30.7 Å². The molecule has 1 aromatic rings. The molecular weight excluding hydrogens is 238 g/mol. The molecule has 0 radical (unpaired) electrons. The molecule has 0 bridgehead atoms. The summed E-state index contributed by atoms with van der Waals surface area (Å²) in [5, 5.41) is 0. The molecule has 4 heteroatoms. The molecule has 2 aliphatic rings. The van der Waals surface area contributed by atoms with E-state index in [-0.39, 0.29) is 0 Å². The maximum Gasteiger partial charge on any atom is 0.0642 e. The minimum atomic E-state index is 0.824. The predicted octanol–water partition coefficient (Wildman–Crippen LogP) is 1.69. The van der Waals surface area contributed by atoms with Crippen LogP contribution in [0.4, 0.5) is 11.4 Å². The van der Waals surface area contributed by atoms with Gasteiger partial charge in [-0.15, -0.1) is 0 Å². The van der Waals surface area contributed by atoms with E-state index in [1.165, 1.54) is 11.4 Å². The van der Waals surface area contributed by atoms with Crippen molar-refractivity contribution in [1.29, 1.82) is 0 Å². The summed E-state index contributed by atoms with van der Waals surface area (Å²) in [5.74, 6) is 0. The second kappa shape index (κ2) is 5.53. The number of benzene rings is 1. The number of morpholine rings is 1. The summed E-state index contributed by atoms with van der Waals surface area (Å²) >= 11 is 0. The Labute approximate surface area is 114 Å². The first-order valence-corrected chi connectivity index (χ1v) is 6.95. The molecule has 19 heavy (non-hydrogen) atoms. The zero-order chi connectivity index (χ0) is 13.1. The smallest absolute Gasteiger partial charge is 0.0642 e. The summed E-state index contributed by atoms with van der Waals surface area (Å²) in [6.45, 7) is 5.79. The highest BCUT2D eigenvalue weighted by Crippen LogP contribution is 2.22. The first-order chi connectivity index (χ1) is 9.33. The third-order valence-corrected chi connectivity index (χ3v) is 3.81. The van der Waals surface area contributed by atoms with Crippen LogP contribution in [0.25, 0.3) is 0 Å². The molecule has 2 N–H and O–H groups in total. The number of anilines is 2. The van der Waals surface area contributed by atoms with E-state index in [2.05, 4.69) is 28.0 Å². The molecule has 0 aromatic heterocycles. The molecule has 0 saturated carbocycles. The third-order valence-electron chi connectivity index (χ3n) is 3.81. The largest absolute Gasteiger partial charge is 0.399 e. The predicted molar refractivity (Wildman–Crippen MR) is 78.2 cm³/mol. The van der Waals surface area contributed by atoms with Gasteiger partial charge in [-0.1, -0.05) is 6.08 Å². The zero-order valence-electron chi connectivity index (χ0n) is 11.2. The lowest BCUT2D eigenvalue weighted by Crippen LogP contribution is -2.42. The van der Waals surface area contributed by atoms with Crippen molar-refractivity contribution < 1.29 is 4.74 Å². The van der Waals surface area contributed by atoms with Gasteiger partial charge >= 0.3 is 0 Å². The van der Waals surface area contributed by atoms with Gasteiger partial charge in [0.2, 0.25) is 0 Å². The van der Waals surface area contributed by atoms with Gasteiger partial charge in [0.15, 0.2) is 0 Å². The van der Waals surface area contributed by atoms with Gasteiger partial charge in [-0.25, -0.2) is 0 Å². The normalized spacial score (nSPS) is 20.3. The number of rotatable bonds is 2. The van der Waals surface area contributed by atoms with Gasteiger partial charge in [0.1, 0.15) is 0 Å². The van der Waals surface area contributed by atoms with Gasteiger partial charge in [0.25, 0.3) is 0 Å². The first kappa shape index (κ1) is 12.4. The Morgan fingerprint density at radius 1 is 0.947 bits per heavy atom. The van der Waals surface area contributed by atoms with Crippen molar-refractivity contribution in [2.24, 2.45) is 0 Å². The van der Waals surface area contributed by atoms with Crippen LogP contribution in [0.3, 0.4) is 0 Å². The molecule has 3 rings (SSSR count). The molecule has 2 aliphatic heterocycles. The number of nitrogen functional groups attached to an aromatic ring is 1. The monoisotopic (exact) mass is 259 g/mol. The number of ether oxygens (including phenoxy) is 1. The van der Waals surface area contributed by atoms with Crippen LogP contribution in [0.2, 0.25) is 0 Å². The first-order valence-electron chi connectivity index (χ1n) is 6.95. The zero-order valence-corrected chi connectivity index (χ0v) is 11.2. The highest BCUT2D eigenvalue weighted by atomic mass is 16.5. The summed E-state index contributed by atoms with van der Waals surface area (Å²) in [5.41, 5.74) is 9.27. The van der Waals surface area contributed by atoms with Crippen molar-refractivity contribution >= 4 is 11.4 Å². The van der Waals surface area contributed by atoms with Gasteiger partial charge in [0, 0.05) is 36.7 Å². The van der Waals surface area contributed by atoms with Crippen LogP contribution in [0.1, 0.15) is 6.42 Å². The van der Waals surface area contributed by atoms with Crippen LogP contribution < -0.4 is 10.6 Å². The number of hydrogen-bond donors (Lipinski definition) is 1. The van der Waals surface area contributed by atoms with Gasteiger partial charge in [0.05, 0.1) is 19.8 Å². The van der Waals surface area contributed by atoms with Gasteiger partial charge in [-0.3, -0.25) is 0 Å². The van der Waals surface area contributed by atoms with Crippen molar-refractivity contribution in [3.05, 3.63) is 36.0 Å². The van der Waals surface area contributed by atoms with E-state index in [1.54, 1.807) is 0 Å². The van der Waals surface area contributed by atoms with Crippen molar-refractivity contribution in [3.63, 3.8) is 0 Å². The highest BCUT2D eigenvalue weighted by molar-refractivity contribution is 5.54. The summed E-state index contributed by atoms with van der Waals surface area (Å²) in [6.07, 6.45) is 3.48. The van der Waals surface area contributed by atoms with Crippen molar-refractivity contribution in [1.82, 2.24) is 4.90 Å². The van der Waals surface area contributed by atoms with Crippen molar-refractivity contribution in [2.45, 2.75) is 6.42 Å². The molecule has 4 nitrogen and oxygen atoms in total. The Hall–Kier alpha value is -1.68. The molecular formula is C15H21N3O. The summed E-state index contributed by atoms with van der Waals surface area (Å²) in [6, 6.07) is 8.17. The lowest BCUT2D eigenvalue weighted by molar-refractivity contribution is 0.0525. The fourth-order valence-electron chi connectivity index (χ4n) is 2.71. The average molecular weight is 259 g/mol. The average Bonchev–Trinajstić information content (AvgIpc) is 2.49. The molecule has 0 aliphatic carbocycles. The molecule has 1 fully saturated rings. The second-order valence-corrected chi connectivity index (χ2v) is 5.10. The lowest BCUT2D eigenvalue weighted by atomic mass is 10.1. The van der Waals surface area contributed by atoms with E-state index < -0.39 is 0 Å². The number of nitrogens with two attached hydrogens (primary N) is 1. The topological polar surface area (TPSA) is 41.7 Å². The van der Waals surface area contributed by atoms with Crippen LogP contribution in [0.5, 0.6) is 0 Å². The Kier molecular flexibility index (Phi) is 3.60.